The largest absolute Gasteiger partial charge is 2.00 e. The second-order valence-corrected chi connectivity index (χ2v) is 7.07. The molecule has 0 aliphatic rings. The predicted molar refractivity (Wildman–Crippen MR) is 92.8 cm³/mol. The van der Waals surface area contributed by atoms with Gasteiger partial charge >= 0.3 is 21.7 Å². The molecule has 0 fully saturated rings. The molecule has 0 aromatic heterocycles. The van der Waals surface area contributed by atoms with E-state index in [1.165, 1.54) is 27.7 Å². The molecule has 0 radical (unpaired) electrons. The van der Waals surface area contributed by atoms with Crippen LogP contribution in [0.4, 0.5) is 0 Å². The summed E-state index contributed by atoms with van der Waals surface area (Å²) in [6, 6.07) is 0. The normalized spacial score (nSPS) is 11.2. The van der Waals surface area contributed by atoms with Crippen LogP contribution in [0.1, 0.15) is 69.2 Å². The van der Waals surface area contributed by atoms with E-state index in [1.54, 1.807) is 41.5 Å². The Labute approximate surface area is 167 Å². The molecule has 0 aromatic carbocycles. The number of hydrogen-bond acceptors (Lipinski definition) is 6. The first kappa shape index (κ1) is 35.2. The van der Waals surface area contributed by atoms with Gasteiger partial charge in [-0.2, -0.15) is 0 Å². The van der Waals surface area contributed by atoms with Gasteiger partial charge in [0.2, 0.25) is 0 Å². The molecule has 0 aliphatic carbocycles. The van der Waals surface area contributed by atoms with Gasteiger partial charge in [-0.3, -0.25) is 9.59 Å². The third-order valence-corrected chi connectivity index (χ3v) is 0.813. The van der Waals surface area contributed by atoms with Crippen molar-refractivity contribution in [2.24, 2.45) is 0 Å². The number of rotatable bonds is 2. The molecule has 0 atom stereocenters. The minimum absolute atomic E-state index is 0. The first-order valence-corrected chi connectivity index (χ1v) is 7.42. The van der Waals surface area contributed by atoms with Crippen LogP contribution in [0.2, 0.25) is 0 Å². The quantitative estimate of drug-likeness (QED) is 0.413. The van der Waals surface area contributed by atoms with Crippen molar-refractivity contribution in [1.82, 2.24) is 0 Å². The number of aliphatic hydroxyl groups is 2. The monoisotopic (exact) mass is 394 g/mol. The van der Waals surface area contributed by atoms with Crippen molar-refractivity contribution in [1.29, 1.82) is 0 Å². The molecule has 0 unspecified atom stereocenters. The number of hydrogen-bond donors (Lipinski definition) is 2. The number of carbonyl (C=O) groups is 2. The van der Waals surface area contributed by atoms with Crippen molar-refractivity contribution in [2.45, 2.75) is 80.4 Å². The maximum atomic E-state index is 9.98. The molecular formula is C18H34O6Ti. The minimum Gasteiger partial charge on any atom is -0.876 e. The Kier molecular flexibility index (Phi) is 25.2. The molecule has 0 amide bonds. The van der Waals surface area contributed by atoms with E-state index in [1.807, 2.05) is 0 Å². The van der Waals surface area contributed by atoms with Gasteiger partial charge in [-0.25, -0.2) is 0 Å². The number of allylic oxidation sites excluding steroid dienone is 4. The van der Waals surface area contributed by atoms with E-state index in [9.17, 15) is 19.8 Å². The predicted octanol–water partition coefficient (Wildman–Crippen LogP) is 1.23. The van der Waals surface area contributed by atoms with Crippen LogP contribution in [0.25, 0.3) is 0 Å². The fourth-order valence-corrected chi connectivity index (χ4v) is 0.572. The fraction of sp³-hybridized carbons (Fsp3) is 0.667. The topological polar surface area (TPSA) is 121 Å². The van der Waals surface area contributed by atoms with Crippen LogP contribution in [-0.4, -0.2) is 33.0 Å². The van der Waals surface area contributed by atoms with E-state index < -0.39 is 11.2 Å². The van der Waals surface area contributed by atoms with Gasteiger partial charge in [0.25, 0.3) is 0 Å². The summed E-state index contributed by atoms with van der Waals surface area (Å²) < 4.78 is 0. The first-order valence-electron chi connectivity index (χ1n) is 7.42. The van der Waals surface area contributed by atoms with Gasteiger partial charge in [-0.05, 0) is 67.5 Å². The van der Waals surface area contributed by atoms with E-state index in [0.29, 0.717) is 0 Å². The summed E-state index contributed by atoms with van der Waals surface area (Å²) in [6.07, 6.45) is 2.11. The van der Waals surface area contributed by atoms with Crippen LogP contribution in [0, 0.1) is 0 Å². The molecule has 6 nitrogen and oxygen atoms in total. The average molecular weight is 394 g/mol. The maximum absolute atomic E-state index is 9.98. The van der Waals surface area contributed by atoms with E-state index in [0.717, 1.165) is 12.2 Å². The smallest absolute Gasteiger partial charge is 0.876 e. The average Bonchev–Trinajstić information content (AvgIpc) is 2.05. The van der Waals surface area contributed by atoms with Crippen LogP contribution in [0.15, 0.2) is 23.7 Å². The van der Waals surface area contributed by atoms with Crippen LogP contribution >= 0.6 is 0 Å². The Morgan fingerprint density at radius 1 is 0.680 bits per heavy atom. The van der Waals surface area contributed by atoms with E-state index in [-0.39, 0.29) is 44.8 Å². The Morgan fingerprint density at radius 3 is 0.800 bits per heavy atom. The van der Waals surface area contributed by atoms with Crippen molar-refractivity contribution in [3.05, 3.63) is 23.7 Å². The zero-order chi connectivity index (χ0) is 20.7. The van der Waals surface area contributed by atoms with Gasteiger partial charge in [0.1, 0.15) is 0 Å². The standard InChI is InChI=1S/2C5H8O2.2C4H10O.Ti/c2*1-4(6)3-5(2)7;2*1-4(2,3)5;/h2*3,6H,1-2H3;2*5H,1-3H3;/q;;;;+2/p-2/b2*4-3-;;;. The molecule has 0 bridgehead atoms. The van der Waals surface area contributed by atoms with Crippen molar-refractivity contribution in [3.63, 3.8) is 0 Å². The second kappa shape index (κ2) is 17.9. The summed E-state index contributed by atoms with van der Waals surface area (Å²) in [5.41, 5.74) is -1.00. The van der Waals surface area contributed by atoms with Gasteiger partial charge in [0, 0.05) is 0 Å². The molecule has 7 heteroatoms. The molecule has 146 valence electrons. The van der Waals surface area contributed by atoms with E-state index >= 15 is 0 Å². The molecular weight excluding hydrogens is 360 g/mol. The molecule has 25 heavy (non-hydrogen) atoms. The Balaban J connectivity index is -0.0000000711. The Morgan fingerprint density at radius 2 is 0.800 bits per heavy atom. The van der Waals surface area contributed by atoms with Crippen molar-refractivity contribution >= 4 is 11.6 Å². The molecule has 0 heterocycles. The van der Waals surface area contributed by atoms with Gasteiger partial charge in [-0.1, -0.05) is 13.8 Å². The number of ketones is 2. The molecule has 0 aromatic rings. The van der Waals surface area contributed by atoms with Gasteiger partial charge in [0.15, 0.2) is 11.6 Å². The summed E-state index contributed by atoms with van der Waals surface area (Å²) >= 11 is 0. The summed E-state index contributed by atoms with van der Waals surface area (Å²) in [5.74, 6) is -0.750. The zero-order valence-electron chi connectivity index (χ0n) is 17.2. The summed E-state index contributed by atoms with van der Waals surface area (Å²) in [7, 11) is 0. The van der Waals surface area contributed by atoms with Crippen molar-refractivity contribution in [2.75, 3.05) is 0 Å². The Hall–Kier alpha value is -0.946. The molecule has 0 saturated carbocycles. The van der Waals surface area contributed by atoms with Crippen LogP contribution in [0.5, 0.6) is 0 Å². The summed E-state index contributed by atoms with van der Waals surface area (Å²) in [4.78, 5) is 20.0. The SMILES string of the molecule is CC(=O)/C=C(/C)[O-].CC(=O)/C=C(/C)[O-].CC(C)(C)O.CC(C)(C)O.[Ti+2]. The van der Waals surface area contributed by atoms with Gasteiger partial charge in [0.05, 0.1) is 11.2 Å². The zero-order valence-corrected chi connectivity index (χ0v) is 18.7. The molecule has 0 spiro atoms. The minimum atomic E-state index is -0.500. The third kappa shape index (κ3) is 205. The molecule has 0 aliphatic heterocycles. The molecule has 0 rings (SSSR count). The third-order valence-electron chi connectivity index (χ3n) is 0.813. The Bertz CT molecular complexity index is 352. The molecule has 2 N–H and O–H groups in total. The van der Waals surface area contributed by atoms with Gasteiger partial charge in [-0.15, -0.1) is 11.5 Å². The van der Waals surface area contributed by atoms with Gasteiger partial charge < -0.3 is 20.4 Å². The van der Waals surface area contributed by atoms with Crippen LogP contribution in [-0.2, 0) is 31.3 Å². The second-order valence-electron chi connectivity index (χ2n) is 7.07. The number of carbonyl (C=O) groups excluding carboxylic acids is 2. The van der Waals surface area contributed by atoms with Crippen LogP contribution < -0.4 is 10.2 Å². The first-order chi connectivity index (χ1) is 10.3. The fourth-order valence-electron chi connectivity index (χ4n) is 0.572. The van der Waals surface area contributed by atoms with E-state index in [2.05, 4.69) is 0 Å². The van der Waals surface area contributed by atoms with Crippen molar-refractivity contribution < 1.29 is 51.7 Å². The summed E-state index contributed by atoms with van der Waals surface area (Å²) in [6.45, 7) is 15.9. The molecule has 0 saturated heterocycles. The van der Waals surface area contributed by atoms with Crippen molar-refractivity contribution in [3.8, 4) is 0 Å². The summed E-state index contributed by atoms with van der Waals surface area (Å²) in [5, 5.41) is 37.0. The maximum Gasteiger partial charge on any atom is 2.00 e. The van der Waals surface area contributed by atoms with E-state index in [4.69, 9.17) is 10.2 Å². The van der Waals surface area contributed by atoms with Crippen LogP contribution in [0.3, 0.4) is 0 Å².